The highest BCUT2D eigenvalue weighted by atomic mass is 32.2. The molecule has 1 rings (SSSR count). The molecule has 8 heteroatoms. The van der Waals surface area contributed by atoms with Crippen molar-refractivity contribution in [3.05, 3.63) is 22.5 Å². The van der Waals surface area contributed by atoms with E-state index < -0.39 is 27.4 Å². The minimum atomic E-state index is -3.86. The summed E-state index contributed by atoms with van der Waals surface area (Å²) in [5, 5.41) is 0. The van der Waals surface area contributed by atoms with E-state index in [2.05, 4.69) is 4.42 Å². The quantitative estimate of drug-likeness (QED) is 0.622. The van der Waals surface area contributed by atoms with Crippen LogP contribution in [0.3, 0.4) is 0 Å². The summed E-state index contributed by atoms with van der Waals surface area (Å²) in [4.78, 5) is 21.4. The molecule has 1 amide bonds. The molecule has 0 saturated carbocycles. The van der Waals surface area contributed by atoms with Crippen molar-refractivity contribution in [2.24, 2.45) is 5.73 Å². The summed E-state index contributed by atoms with van der Waals surface area (Å²) in [5.74, 6) is -2.20. The molecule has 1 aromatic heterocycles. The number of hydrogen-bond acceptors (Lipinski definition) is 5. The Morgan fingerprint density at radius 3 is 2.46 bits per heavy atom. The number of rotatable bonds is 2. The maximum Gasteiger partial charge on any atom is 0.433 e. The number of carbonyl (C=O) groups excluding carboxylic acids is 1. The second kappa shape index (κ2) is 2.73. The third-order valence-corrected chi connectivity index (χ3v) is 2.25. The van der Waals surface area contributed by atoms with Gasteiger partial charge in [0.25, 0.3) is 5.91 Å². The van der Waals surface area contributed by atoms with Gasteiger partial charge in [-0.25, -0.2) is 13.2 Å². The summed E-state index contributed by atoms with van der Waals surface area (Å²) in [6.45, 7) is 0. The zero-order valence-electron chi connectivity index (χ0n) is 6.55. The standard InChI is InChI=1S/C5H6N2O5S/c1-13(10,11)7-3(4(6)8)2-12-5(7)9/h2H,1H3,(H2,6,8). The van der Waals surface area contributed by atoms with E-state index in [1.165, 1.54) is 0 Å². The first-order valence-corrected chi connectivity index (χ1v) is 4.90. The Hall–Kier alpha value is -1.57. The highest BCUT2D eigenvalue weighted by Crippen LogP contribution is 1.98. The summed E-state index contributed by atoms with van der Waals surface area (Å²) in [6, 6.07) is 0. The van der Waals surface area contributed by atoms with Gasteiger partial charge < -0.3 is 10.2 Å². The molecule has 0 aromatic carbocycles. The van der Waals surface area contributed by atoms with E-state index in [1.54, 1.807) is 0 Å². The Morgan fingerprint density at radius 1 is 1.62 bits per heavy atom. The molecule has 0 bridgehead atoms. The molecule has 0 spiro atoms. The van der Waals surface area contributed by atoms with Crippen molar-refractivity contribution in [2.45, 2.75) is 0 Å². The molecular formula is C5H6N2O5S. The van der Waals surface area contributed by atoms with Gasteiger partial charge in [-0.2, -0.15) is 3.97 Å². The van der Waals surface area contributed by atoms with Crippen LogP contribution < -0.4 is 11.5 Å². The summed E-state index contributed by atoms with van der Waals surface area (Å²) in [7, 11) is -3.86. The third-order valence-electron chi connectivity index (χ3n) is 1.24. The summed E-state index contributed by atoms with van der Waals surface area (Å²) in [6.07, 6.45) is 1.46. The monoisotopic (exact) mass is 206 g/mol. The number of oxazole rings is 1. The van der Waals surface area contributed by atoms with Crippen LogP contribution in [0.5, 0.6) is 0 Å². The fraction of sp³-hybridized carbons (Fsp3) is 0.200. The number of nitrogens with zero attached hydrogens (tertiary/aromatic N) is 1. The molecule has 0 radical (unpaired) electrons. The van der Waals surface area contributed by atoms with Crippen molar-refractivity contribution < 1.29 is 17.6 Å². The van der Waals surface area contributed by atoms with Gasteiger partial charge in [0.15, 0.2) is 5.69 Å². The van der Waals surface area contributed by atoms with Crippen molar-refractivity contribution in [1.29, 1.82) is 0 Å². The average molecular weight is 206 g/mol. The van der Waals surface area contributed by atoms with Gasteiger partial charge >= 0.3 is 5.76 Å². The fourth-order valence-corrected chi connectivity index (χ4v) is 1.58. The van der Waals surface area contributed by atoms with Gasteiger partial charge in [0.2, 0.25) is 10.0 Å². The largest absolute Gasteiger partial charge is 0.433 e. The van der Waals surface area contributed by atoms with E-state index in [1.807, 2.05) is 0 Å². The molecule has 0 aliphatic rings. The van der Waals surface area contributed by atoms with E-state index in [0.29, 0.717) is 6.26 Å². The molecule has 1 aromatic rings. The fourth-order valence-electron chi connectivity index (χ4n) is 0.773. The molecule has 2 N–H and O–H groups in total. The topological polar surface area (TPSA) is 112 Å². The lowest BCUT2D eigenvalue weighted by molar-refractivity contribution is 0.0994. The van der Waals surface area contributed by atoms with Crippen molar-refractivity contribution >= 4 is 15.9 Å². The van der Waals surface area contributed by atoms with Gasteiger partial charge in [-0.05, 0) is 0 Å². The smallest absolute Gasteiger partial charge is 0.415 e. The number of aromatic nitrogens is 1. The molecule has 0 aliphatic carbocycles. The average Bonchev–Trinajstić information content (AvgIpc) is 2.28. The van der Waals surface area contributed by atoms with Crippen LogP contribution in [0.1, 0.15) is 10.5 Å². The van der Waals surface area contributed by atoms with Crippen LogP contribution in [0.4, 0.5) is 0 Å². The number of primary amides is 1. The van der Waals surface area contributed by atoms with Crippen LogP contribution in [0.25, 0.3) is 0 Å². The van der Waals surface area contributed by atoms with Gasteiger partial charge in [0, 0.05) is 0 Å². The zero-order valence-corrected chi connectivity index (χ0v) is 7.37. The number of amides is 1. The maximum absolute atomic E-state index is 10.9. The van der Waals surface area contributed by atoms with Crippen LogP contribution in [0.2, 0.25) is 0 Å². The van der Waals surface area contributed by atoms with Crippen molar-refractivity contribution in [3.8, 4) is 0 Å². The third kappa shape index (κ3) is 1.61. The van der Waals surface area contributed by atoms with Crippen molar-refractivity contribution in [1.82, 2.24) is 3.97 Å². The summed E-state index contributed by atoms with van der Waals surface area (Å²) in [5.41, 5.74) is 4.31. The molecule has 0 unspecified atom stereocenters. The van der Waals surface area contributed by atoms with Gasteiger partial charge in [0.05, 0.1) is 6.26 Å². The molecule has 0 fully saturated rings. The highest BCUT2D eigenvalue weighted by Gasteiger charge is 2.20. The molecular weight excluding hydrogens is 200 g/mol. The second-order valence-corrected chi connectivity index (χ2v) is 4.11. The molecule has 1 heterocycles. The maximum atomic E-state index is 10.9. The highest BCUT2D eigenvalue weighted by molar-refractivity contribution is 7.89. The lowest BCUT2D eigenvalue weighted by Gasteiger charge is -1.97. The molecule has 7 nitrogen and oxygen atoms in total. The first-order valence-electron chi connectivity index (χ1n) is 3.05. The summed E-state index contributed by atoms with van der Waals surface area (Å²) >= 11 is 0. The van der Waals surface area contributed by atoms with Crippen LogP contribution >= 0.6 is 0 Å². The predicted octanol–water partition coefficient (Wildman–Crippen LogP) is -1.65. The molecule has 13 heavy (non-hydrogen) atoms. The van der Waals surface area contributed by atoms with Crippen LogP contribution in [-0.2, 0) is 10.0 Å². The number of hydrogen-bond donors (Lipinski definition) is 1. The normalized spacial score (nSPS) is 11.5. The van der Waals surface area contributed by atoms with Crippen LogP contribution in [0.15, 0.2) is 15.5 Å². The number of carbonyl (C=O) groups is 1. The SMILES string of the molecule is CS(=O)(=O)n1c(C(N)=O)coc1=O. The Labute approximate surface area is 72.8 Å². The Kier molecular flexibility index (Phi) is 2.00. The van der Waals surface area contributed by atoms with Gasteiger partial charge in [-0.3, -0.25) is 4.79 Å². The van der Waals surface area contributed by atoms with Gasteiger partial charge in [0.1, 0.15) is 6.26 Å². The first kappa shape index (κ1) is 9.52. The minimum Gasteiger partial charge on any atom is -0.415 e. The molecule has 72 valence electrons. The van der Waals surface area contributed by atoms with E-state index in [9.17, 15) is 18.0 Å². The Balaban J connectivity index is 3.61. The summed E-state index contributed by atoms with van der Waals surface area (Å²) < 4.78 is 26.3. The van der Waals surface area contributed by atoms with E-state index in [0.717, 1.165) is 6.26 Å². The minimum absolute atomic E-state index is 0.204. The molecule has 0 atom stereocenters. The lowest BCUT2D eigenvalue weighted by atomic mass is 10.5. The van der Waals surface area contributed by atoms with Gasteiger partial charge in [-0.15, -0.1) is 0 Å². The van der Waals surface area contributed by atoms with Crippen molar-refractivity contribution in [2.75, 3.05) is 6.26 Å². The van der Waals surface area contributed by atoms with Gasteiger partial charge in [-0.1, -0.05) is 0 Å². The lowest BCUT2D eigenvalue weighted by Crippen LogP contribution is -2.28. The predicted molar refractivity (Wildman–Crippen MR) is 41.7 cm³/mol. The Bertz CT molecular complexity index is 493. The van der Waals surface area contributed by atoms with E-state index in [4.69, 9.17) is 5.73 Å². The van der Waals surface area contributed by atoms with E-state index >= 15 is 0 Å². The molecule has 0 saturated heterocycles. The Morgan fingerprint density at radius 2 is 2.15 bits per heavy atom. The van der Waals surface area contributed by atoms with E-state index in [-0.39, 0.29) is 3.97 Å². The van der Waals surface area contributed by atoms with Crippen LogP contribution in [0, 0.1) is 0 Å². The van der Waals surface area contributed by atoms with Crippen molar-refractivity contribution in [3.63, 3.8) is 0 Å². The first-order chi connectivity index (χ1) is 5.84. The zero-order chi connectivity index (χ0) is 10.2. The van der Waals surface area contributed by atoms with Crippen LogP contribution in [-0.4, -0.2) is 24.6 Å². The molecule has 0 aliphatic heterocycles. The number of nitrogens with two attached hydrogens (primary N) is 1. The second-order valence-electron chi connectivity index (χ2n) is 2.28.